The highest BCUT2D eigenvalue weighted by Crippen LogP contribution is 2.15. The van der Waals surface area contributed by atoms with E-state index in [0.717, 1.165) is 36.1 Å². The highest BCUT2D eigenvalue weighted by Gasteiger charge is 2.07. The van der Waals surface area contributed by atoms with Crippen LogP contribution in [0, 0.1) is 0 Å². The second kappa shape index (κ2) is 5.37. The molecule has 1 heterocycles. The monoisotopic (exact) mass is 245 g/mol. The predicted octanol–water partition coefficient (Wildman–Crippen LogP) is 2.79. The van der Waals surface area contributed by atoms with Gasteiger partial charge in [0.2, 0.25) is 0 Å². The van der Waals surface area contributed by atoms with Gasteiger partial charge < -0.3 is 0 Å². The van der Waals surface area contributed by atoms with E-state index in [1.807, 2.05) is 4.68 Å². The third-order valence-electron chi connectivity index (χ3n) is 1.95. The molecule has 4 heteroatoms. The van der Waals surface area contributed by atoms with E-state index in [4.69, 9.17) is 0 Å². The van der Waals surface area contributed by atoms with Crippen molar-refractivity contribution >= 4 is 15.9 Å². The van der Waals surface area contributed by atoms with Gasteiger partial charge in [-0.2, -0.15) is 0 Å². The third-order valence-corrected chi connectivity index (χ3v) is 2.82. The Balaban J connectivity index is 2.62. The molecule has 0 aliphatic rings. The van der Waals surface area contributed by atoms with E-state index in [1.54, 1.807) is 0 Å². The molecule has 0 aliphatic carbocycles. The zero-order valence-corrected chi connectivity index (χ0v) is 9.84. The lowest BCUT2D eigenvalue weighted by atomic mass is 10.3. The lowest BCUT2D eigenvalue weighted by Gasteiger charge is -1.99. The number of aryl methyl sites for hydroxylation is 2. The van der Waals surface area contributed by atoms with E-state index in [9.17, 15) is 0 Å². The Kier molecular flexibility index (Phi) is 4.42. The summed E-state index contributed by atoms with van der Waals surface area (Å²) in [5.74, 6) is 0. The van der Waals surface area contributed by atoms with Crippen molar-refractivity contribution in [2.45, 2.75) is 46.1 Å². The van der Waals surface area contributed by atoms with Crippen LogP contribution in [0.3, 0.4) is 0 Å². The van der Waals surface area contributed by atoms with Crippen LogP contribution in [0.15, 0.2) is 4.60 Å². The molecule has 13 heavy (non-hydrogen) atoms. The van der Waals surface area contributed by atoms with Crippen molar-refractivity contribution in [2.24, 2.45) is 0 Å². The molecule has 0 saturated heterocycles. The van der Waals surface area contributed by atoms with Crippen molar-refractivity contribution in [1.29, 1.82) is 0 Å². The van der Waals surface area contributed by atoms with Crippen LogP contribution in [0.4, 0.5) is 0 Å². The number of aromatic nitrogens is 3. The Hall–Kier alpha value is -0.380. The predicted molar refractivity (Wildman–Crippen MR) is 56.6 cm³/mol. The first-order valence-corrected chi connectivity index (χ1v) is 5.66. The number of unbranched alkanes of at least 4 members (excludes halogenated alkanes) is 1. The Morgan fingerprint density at radius 3 is 2.69 bits per heavy atom. The molecular weight excluding hydrogens is 230 g/mol. The molecule has 0 atom stereocenters. The summed E-state index contributed by atoms with van der Waals surface area (Å²) in [6.45, 7) is 5.29. The Bertz CT molecular complexity index is 257. The van der Waals surface area contributed by atoms with Crippen LogP contribution in [-0.4, -0.2) is 15.0 Å². The zero-order chi connectivity index (χ0) is 9.68. The first-order valence-electron chi connectivity index (χ1n) is 4.87. The van der Waals surface area contributed by atoms with Crippen molar-refractivity contribution in [3.8, 4) is 0 Å². The largest absolute Gasteiger partial charge is 0.238 e. The van der Waals surface area contributed by atoms with Crippen LogP contribution in [0.25, 0.3) is 0 Å². The smallest absolute Gasteiger partial charge is 0.127 e. The van der Waals surface area contributed by atoms with Gasteiger partial charge in [0.25, 0.3) is 0 Å². The molecule has 0 amide bonds. The van der Waals surface area contributed by atoms with Gasteiger partial charge in [-0.15, -0.1) is 5.10 Å². The molecule has 74 valence electrons. The molecule has 0 saturated carbocycles. The number of nitrogens with zero attached hydrogens (tertiary/aromatic N) is 3. The van der Waals surface area contributed by atoms with Gasteiger partial charge in [-0.25, -0.2) is 4.68 Å². The Morgan fingerprint density at radius 1 is 1.31 bits per heavy atom. The maximum atomic E-state index is 4.12. The molecule has 1 rings (SSSR count). The van der Waals surface area contributed by atoms with E-state index in [2.05, 4.69) is 40.1 Å². The maximum absolute atomic E-state index is 4.12. The van der Waals surface area contributed by atoms with Crippen LogP contribution in [0.5, 0.6) is 0 Å². The van der Waals surface area contributed by atoms with E-state index in [-0.39, 0.29) is 0 Å². The summed E-state index contributed by atoms with van der Waals surface area (Å²) in [6, 6.07) is 0. The van der Waals surface area contributed by atoms with Crippen molar-refractivity contribution in [2.75, 3.05) is 0 Å². The summed E-state index contributed by atoms with van der Waals surface area (Å²) in [6.07, 6.45) is 4.47. The van der Waals surface area contributed by atoms with E-state index in [0.29, 0.717) is 0 Å². The van der Waals surface area contributed by atoms with E-state index >= 15 is 0 Å². The first-order chi connectivity index (χ1) is 6.29. The zero-order valence-electron chi connectivity index (χ0n) is 8.26. The number of hydrogen-bond donors (Lipinski definition) is 0. The number of rotatable bonds is 5. The normalized spacial score (nSPS) is 10.7. The van der Waals surface area contributed by atoms with Crippen molar-refractivity contribution in [3.05, 3.63) is 10.3 Å². The van der Waals surface area contributed by atoms with Crippen LogP contribution in [-0.2, 0) is 13.0 Å². The van der Waals surface area contributed by atoms with Crippen molar-refractivity contribution < 1.29 is 0 Å². The highest BCUT2D eigenvalue weighted by molar-refractivity contribution is 9.10. The van der Waals surface area contributed by atoms with Gasteiger partial charge >= 0.3 is 0 Å². The van der Waals surface area contributed by atoms with Gasteiger partial charge in [-0.3, -0.25) is 0 Å². The highest BCUT2D eigenvalue weighted by atomic mass is 79.9. The van der Waals surface area contributed by atoms with Crippen molar-refractivity contribution in [1.82, 2.24) is 15.0 Å². The molecule has 0 aliphatic heterocycles. The van der Waals surface area contributed by atoms with Crippen LogP contribution in [0.2, 0.25) is 0 Å². The van der Waals surface area contributed by atoms with E-state index < -0.39 is 0 Å². The fourth-order valence-corrected chi connectivity index (χ4v) is 1.70. The van der Waals surface area contributed by atoms with Gasteiger partial charge in [0.1, 0.15) is 4.60 Å². The maximum Gasteiger partial charge on any atom is 0.127 e. The SMILES string of the molecule is CCCCn1nnc(CCC)c1Br. The summed E-state index contributed by atoms with van der Waals surface area (Å²) >= 11 is 3.52. The molecule has 1 aromatic heterocycles. The first kappa shape index (κ1) is 10.7. The molecule has 0 unspecified atom stereocenters. The quantitative estimate of drug-likeness (QED) is 0.799. The lowest BCUT2D eigenvalue weighted by molar-refractivity contribution is 0.544. The van der Waals surface area contributed by atoms with Gasteiger partial charge in [0.05, 0.1) is 5.69 Å². The topological polar surface area (TPSA) is 30.7 Å². The van der Waals surface area contributed by atoms with Gasteiger partial charge in [-0.05, 0) is 28.8 Å². The Morgan fingerprint density at radius 2 is 2.08 bits per heavy atom. The van der Waals surface area contributed by atoms with Crippen LogP contribution >= 0.6 is 15.9 Å². The molecule has 0 bridgehead atoms. The minimum Gasteiger partial charge on any atom is -0.238 e. The lowest BCUT2D eigenvalue weighted by Crippen LogP contribution is -2.00. The second-order valence-electron chi connectivity index (χ2n) is 3.15. The summed E-state index contributed by atoms with van der Waals surface area (Å²) < 4.78 is 3.00. The molecule has 0 radical (unpaired) electrons. The summed E-state index contributed by atoms with van der Waals surface area (Å²) in [7, 11) is 0. The average Bonchev–Trinajstić information content (AvgIpc) is 2.46. The molecule has 0 fully saturated rings. The van der Waals surface area contributed by atoms with Gasteiger partial charge in [0, 0.05) is 6.54 Å². The molecule has 3 nitrogen and oxygen atoms in total. The third kappa shape index (κ3) is 2.79. The van der Waals surface area contributed by atoms with Crippen molar-refractivity contribution in [3.63, 3.8) is 0 Å². The molecular formula is C9H16BrN3. The number of halogens is 1. The second-order valence-corrected chi connectivity index (χ2v) is 3.90. The van der Waals surface area contributed by atoms with Crippen LogP contribution < -0.4 is 0 Å². The fourth-order valence-electron chi connectivity index (χ4n) is 1.18. The molecule has 0 N–H and O–H groups in total. The minimum absolute atomic E-state index is 0.966. The summed E-state index contributed by atoms with van der Waals surface area (Å²) in [4.78, 5) is 0. The molecule has 1 aromatic rings. The van der Waals surface area contributed by atoms with E-state index in [1.165, 1.54) is 6.42 Å². The van der Waals surface area contributed by atoms with Gasteiger partial charge in [0.15, 0.2) is 0 Å². The standard InChI is InChI=1S/C9H16BrN3/c1-3-5-7-13-9(10)8(6-4-2)11-12-13/h3-7H2,1-2H3. The molecule has 0 aromatic carbocycles. The minimum atomic E-state index is 0.966. The fraction of sp³-hybridized carbons (Fsp3) is 0.778. The summed E-state index contributed by atoms with van der Waals surface area (Å²) in [5, 5.41) is 8.22. The average molecular weight is 246 g/mol. The summed E-state index contributed by atoms with van der Waals surface area (Å²) in [5.41, 5.74) is 1.08. The van der Waals surface area contributed by atoms with Crippen LogP contribution in [0.1, 0.15) is 38.8 Å². The van der Waals surface area contributed by atoms with Gasteiger partial charge in [-0.1, -0.05) is 31.9 Å². The molecule has 0 spiro atoms. The Labute approximate surface area is 87.6 Å². The number of hydrogen-bond acceptors (Lipinski definition) is 2.